The van der Waals surface area contributed by atoms with Crippen LogP contribution in [0.5, 0.6) is 11.5 Å². The van der Waals surface area contributed by atoms with Gasteiger partial charge in [0.15, 0.2) is 0 Å². The van der Waals surface area contributed by atoms with Gasteiger partial charge in [0, 0.05) is 23.3 Å². The highest BCUT2D eigenvalue weighted by atomic mass is 19.1. The summed E-state index contributed by atoms with van der Waals surface area (Å²) in [5, 5.41) is 0. The molecule has 182 valence electrons. The number of carbonyl (C=O) groups is 2. The quantitative estimate of drug-likeness (QED) is 0.180. The minimum Gasteiger partial charge on any atom is -0.462 e. The van der Waals surface area contributed by atoms with Crippen LogP contribution < -0.4 is 9.47 Å². The van der Waals surface area contributed by atoms with Crippen molar-refractivity contribution >= 4 is 11.9 Å². The minimum absolute atomic E-state index is 0.255. The highest BCUT2D eigenvalue weighted by Crippen LogP contribution is 2.29. The van der Waals surface area contributed by atoms with Gasteiger partial charge in [0.1, 0.15) is 42.4 Å². The lowest BCUT2D eigenvalue weighted by Gasteiger charge is -2.08. The zero-order valence-corrected chi connectivity index (χ0v) is 19.5. The number of esters is 2. The number of halogens is 1. The Morgan fingerprint density at radius 1 is 0.750 bits per heavy atom. The number of carbonyl (C=O) groups excluding carboxylic acids is 2. The third kappa shape index (κ3) is 7.30. The molecule has 0 saturated carbocycles. The molecule has 0 bridgehead atoms. The van der Waals surface area contributed by atoms with E-state index in [0.29, 0.717) is 16.9 Å². The van der Waals surface area contributed by atoms with E-state index in [9.17, 15) is 14.0 Å². The molecule has 0 saturated heterocycles. The predicted molar refractivity (Wildman–Crippen MR) is 134 cm³/mol. The fraction of sp³-hybridized carbons (Fsp3) is 0.0345. The number of rotatable bonds is 10. The Morgan fingerprint density at radius 2 is 1.28 bits per heavy atom. The molecule has 3 rings (SSSR count). The highest BCUT2D eigenvalue weighted by molar-refractivity contribution is 5.87. The summed E-state index contributed by atoms with van der Waals surface area (Å²) in [4.78, 5) is 22.3. The van der Waals surface area contributed by atoms with Crippen LogP contribution in [0.4, 0.5) is 4.39 Å². The van der Waals surface area contributed by atoms with E-state index >= 15 is 0 Å². The second kappa shape index (κ2) is 12.5. The zero-order valence-electron chi connectivity index (χ0n) is 19.5. The van der Waals surface area contributed by atoms with E-state index in [-0.39, 0.29) is 11.3 Å². The molecule has 3 aromatic rings. The monoisotopic (exact) mass is 486 g/mol. The smallest absolute Gasteiger partial charge is 0.338 e. The SMILES string of the molecule is C=CC(=O)O/C=C\Oc1ccc(-c2ccc(-c3ccc(O/C=C\OC(=O)C(=C)C)cc3F)cc2)cc1. The van der Waals surface area contributed by atoms with E-state index < -0.39 is 17.8 Å². The average Bonchev–Trinajstić information content (AvgIpc) is 2.89. The first-order chi connectivity index (χ1) is 17.4. The first-order valence-corrected chi connectivity index (χ1v) is 10.7. The van der Waals surface area contributed by atoms with Gasteiger partial charge >= 0.3 is 11.9 Å². The molecule has 0 aliphatic carbocycles. The van der Waals surface area contributed by atoms with Crippen molar-refractivity contribution in [3.63, 3.8) is 0 Å². The number of ether oxygens (including phenoxy) is 4. The summed E-state index contributed by atoms with van der Waals surface area (Å²) in [7, 11) is 0. The molecular weight excluding hydrogens is 463 g/mol. The van der Waals surface area contributed by atoms with E-state index in [1.54, 1.807) is 24.3 Å². The van der Waals surface area contributed by atoms with Crippen molar-refractivity contribution in [2.45, 2.75) is 6.92 Å². The third-order valence-electron chi connectivity index (χ3n) is 4.72. The van der Waals surface area contributed by atoms with Crippen molar-refractivity contribution in [1.82, 2.24) is 0 Å². The lowest BCUT2D eigenvalue weighted by Crippen LogP contribution is -1.99. The molecule has 3 aromatic carbocycles. The number of hydrogen-bond donors (Lipinski definition) is 0. The molecule has 0 aromatic heterocycles. The second-order valence-electron chi connectivity index (χ2n) is 7.35. The Bertz CT molecular complexity index is 1300. The van der Waals surface area contributed by atoms with Gasteiger partial charge in [-0.25, -0.2) is 14.0 Å². The topological polar surface area (TPSA) is 71.1 Å². The lowest BCUT2D eigenvalue weighted by molar-refractivity contribution is -0.134. The second-order valence-corrected chi connectivity index (χ2v) is 7.35. The van der Waals surface area contributed by atoms with Gasteiger partial charge in [0.05, 0.1) is 0 Å². The molecule has 7 heteroatoms. The van der Waals surface area contributed by atoms with Crippen LogP contribution in [0, 0.1) is 5.82 Å². The Morgan fingerprint density at radius 3 is 1.86 bits per heavy atom. The summed E-state index contributed by atoms with van der Waals surface area (Å²) < 4.78 is 34.8. The Balaban J connectivity index is 1.61. The molecule has 36 heavy (non-hydrogen) atoms. The number of hydrogen-bond acceptors (Lipinski definition) is 6. The van der Waals surface area contributed by atoms with Gasteiger partial charge in [0.2, 0.25) is 0 Å². The van der Waals surface area contributed by atoms with Gasteiger partial charge in [-0.2, -0.15) is 0 Å². The molecule has 0 unspecified atom stereocenters. The highest BCUT2D eigenvalue weighted by Gasteiger charge is 2.08. The maximum Gasteiger partial charge on any atom is 0.338 e. The van der Waals surface area contributed by atoms with E-state index in [1.165, 1.54) is 19.3 Å². The molecule has 0 radical (unpaired) electrons. The maximum atomic E-state index is 14.7. The van der Waals surface area contributed by atoms with Crippen LogP contribution in [0.25, 0.3) is 22.3 Å². The van der Waals surface area contributed by atoms with E-state index in [1.807, 2.05) is 36.4 Å². The minimum atomic E-state index is -0.579. The van der Waals surface area contributed by atoms with Gasteiger partial charge in [-0.15, -0.1) is 0 Å². The summed E-state index contributed by atoms with van der Waals surface area (Å²) >= 11 is 0. The lowest BCUT2D eigenvalue weighted by atomic mass is 10.00. The van der Waals surface area contributed by atoms with Gasteiger partial charge in [0.25, 0.3) is 0 Å². The average molecular weight is 486 g/mol. The fourth-order valence-electron chi connectivity index (χ4n) is 2.92. The molecule has 0 atom stereocenters. The van der Waals surface area contributed by atoms with Crippen molar-refractivity contribution in [1.29, 1.82) is 0 Å². The van der Waals surface area contributed by atoms with Crippen molar-refractivity contribution in [2.24, 2.45) is 0 Å². The molecule has 0 N–H and O–H groups in total. The molecule has 0 heterocycles. The van der Waals surface area contributed by atoms with E-state index in [4.69, 9.17) is 14.2 Å². The summed E-state index contributed by atoms with van der Waals surface area (Å²) in [6.45, 7) is 8.29. The molecular formula is C29H23FO6. The van der Waals surface area contributed by atoms with Gasteiger partial charge < -0.3 is 18.9 Å². The van der Waals surface area contributed by atoms with Crippen LogP contribution >= 0.6 is 0 Å². The molecule has 0 aliphatic rings. The Hall–Kier alpha value is -4.91. The summed E-state index contributed by atoms with van der Waals surface area (Å²) in [6, 6.07) is 19.2. The van der Waals surface area contributed by atoms with Crippen molar-refractivity contribution in [2.75, 3.05) is 0 Å². The van der Waals surface area contributed by atoms with Crippen LogP contribution in [0.2, 0.25) is 0 Å². The molecule has 0 fully saturated rings. The summed E-state index contributed by atoms with van der Waals surface area (Å²) in [5.41, 5.74) is 3.26. The van der Waals surface area contributed by atoms with Crippen LogP contribution in [0.1, 0.15) is 6.92 Å². The zero-order chi connectivity index (χ0) is 25.9. The maximum absolute atomic E-state index is 14.7. The van der Waals surface area contributed by atoms with Crippen LogP contribution in [0.15, 0.2) is 117 Å². The first-order valence-electron chi connectivity index (χ1n) is 10.7. The third-order valence-corrected chi connectivity index (χ3v) is 4.72. The molecule has 0 amide bonds. The van der Waals surface area contributed by atoms with Crippen molar-refractivity contribution in [3.8, 4) is 33.8 Å². The van der Waals surface area contributed by atoms with Crippen LogP contribution in [0.3, 0.4) is 0 Å². The van der Waals surface area contributed by atoms with Crippen molar-refractivity contribution in [3.05, 3.63) is 122 Å². The van der Waals surface area contributed by atoms with Crippen molar-refractivity contribution < 1.29 is 32.9 Å². The first kappa shape index (κ1) is 25.7. The predicted octanol–water partition coefficient (Wildman–Crippen LogP) is 6.71. The molecule has 0 spiro atoms. The largest absolute Gasteiger partial charge is 0.462 e. The van der Waals surface area contributed by atoms with E-state index in [0.717, 1.165) is 36.0 Å². The van der Waals surface area contributed by atoms with Crippen LogP contribution in [-0.4, -0.2) is 11.9 Å². The Kier molecular flexibility index (Phi) is 8.94. The van der Waals surface area contributed by atoms with Gasteiger partial charge in [-0.3, -0.25) is 0 Å². The summed E-state index contributed by atoms with van der Waals surface area (Å²) in [5.74, 6) is -0.791. The Labute approximate surface area is 208 Å². The van der Waals surface area contributed by atoms with Crippen LogP contribution in [-0.2, 0) is 19.1 Å². The molecule has 6 nitrogen and oxygen atoms in total. The van der Waals surface area contributed by atoms with E-state index in [2.05, 4.69) is 17.9 Å². The number of benzene rings is 3. The summed E-state index contributed by atoms with van der Waals surface area (Å²) in [6.07, 6.45) is 5.65. The molecule has 0 aliphatic heterocycles. The fourth-order valence-corrected chi connectivity index (χ4v) is 2.92. The van der Waals surface area contributed by atoms with Gasteiger partial charge in [-0.05, 0) is 47.9 Å². The van der Waals surface area contributed by atoms with Gasteiger partial charge in [-0.1, -0.05) is 49.6 Å². The standard InChI is InChI=1S/C29H23FO6/c1-4-28(31)35-17-15-33-24-11-9-22(10-12-24)21-5-7-23(8-6-21)26-14-13-25(19-27(26)30)34-16-18-36-29(32)20(2)3/h4-19H,1-2H2,3H3/b17-15-,18-16-. The normalized spacial score (nSPS) is 10.7.